The first-order chi connectivity index (χ1) is 9.71. The number of nitrogens with zero attached hydrogens (tertiary/aromatic N) is 2. The topological polar surface area (TPSA) is 42.2 Å². The maximum absolute atomic E-state index is 6.04. The Kier molecular flexibility index (Phi) is 4.83. The highest BCUT2D eigenvalue weighted by Crippen LogP contribution is 2.29. The second kappa shape index (κ2) is 6.60. The molecule has 0 bridgehead atoms. The zero-order valence-corrected chi connectivity index (χ0v) is 12.8. The van der Waals surface area contributed by atoms with Crippen LogP contribution in [-0.4, -0.2) is 18.1 Å². The summed E-state index contributed by atoms with van der Waals surface area (Å²) in [6.45, 7) is 8.85. The van der Waals surface area contributed by atoms with Crippen molar-refractivity contribution in [1.29, 1.82) is 0 Å². The molecule has 3 nitrogen and oxygen atoms in total. The summed E-state index contributed by atoms with van der Waals surface area (Å²) in [6.07, 6.45) is 4.31. The number of nitrogens with two attached hydrogens (primary N) is 1. The number of fused-ring (bicyclic) bond motifs is 1. The molecule has 0 aliphatic rings. The summed E-state index contributed by atoms with van der Waals surface area (Å²) in [5.74, 6) is 0.735. The predicted octanol–water partition coefficient (Wildman–Crippen LogP) is 4.08. The van der Waals surface area contributed by atoms with E-state index in [1.807, 2.05) is 18.3 Å². The minimum Gasteiger partial charge on any atom is -0.397 e. The molecule has 3 heteroatoms. The third-order valence-electron chi connectivity index (χ3n) is 4.13. The van der Waals surface area contributed by atoms with Gasteiger partial charge in [0.15, 0.2) is 0 Å². The van der Waals surface area contributed by atoms with Crippen molar-refractivity contribution in [2.75, 3.05) is 23.7 Å². The van der Waals surface area contributed by atoms with Crippen LogP contribution in [0.3, 0.4) is 0 Å². The van der Waals surface area contributed by atoms with Gasteiger partial charge in [0.25, 0.3) is 0 Å². The Morgan fingerprint density at radius 1 is 1.15 bits per heavy atom. The fourth-order valence-corrected chi connectivity index (χ4v) is 2.72. The summed E-state index contributed by atoms with van der Waals surface area (Å²) in [5, 5.41) is 1.15. The smallest absolute Gasteiger partial charge is 0.0951 e. The number of pyridine rings is 1. The molecule has 2 rings (SSSR count). The van der Waals surface area contributed by atoms with Gasteiger partial charge in [-0.15, -0.1) is 0 Å². The Hall–Kier alpha value is -1.77. The summed E-state index contributed by atoms with van der Waals surface area (Å²) < 4.78 is 0. The lowest BCUT2D eigenvalue weighted by Gasteiger charge is -2.28. The van der Waals surface area contributed by atoms with Gasteiger partial charge in [-0.3, -0.25) is 4.98 Å². The highest BCUT2D eigenvalue weighted by molar-refractivity contribution is 5.97. The third-order valence-corrected chi connectivity index (χ3v) is 4.13. The van der Waals surface area contributed by atoms with E-state index >= 15 is 0 Å². The van der Waals surface area contributed by atoms with Crippen molar-refractivity contribution in [3.05, 3.63) is 30.5 Å². The van der Waals surface area contributed by atoms with E-state index in [-0.39, 0.29) is 0 Å². The average molecular weight is 271 g/mol. The summed E-state index contributed by atoms with van der Waals surface area (Å²) in [5.41, 5.74) is 8.95. The molecule has 0 unspecified atom stereocenters. The van der Waals surface area contributed by atoms with Crippen molar-refractivity contribution in [2.24, 2.45) is 5.92 Å². The quantitative estimate of drug-likeness (QED) is 0.805. The van der Waals surface area contributed by atoms with Crippen molar-refractivity contribution in [1.82, 2.24) is 4.98 Å². The Labute approximate surface area is 121 Å². The highest BCUT2D eigenvalue weighted by atomic mass is 15.1. The average Bonchev–Trinajstić information content (AvgIpc) is 2.49. The fourth-order valence-electron chi connectivity index (χ4n) is 2.72. The Morgan fingerprint density at radius 3 is 2.55 bits per heavy atom. The van der Waals surface area contributed by atoms with Gasteiger partial charge in [-0.2, -0.15) is 0 Å². The van der Waals surface area contributed by atoms with Crippen molar-refractivity contribution in [2.45, 2.75) is 33.6 Å². The van der Waals surface area contributed by atoms with E-state index < -0.39 is 0 Å². The van der Waals surface area contributed by atoms with Crippen LogP contribution in [0.2, 0.25) is 0 Å². The zero-order chi connectivity index (χ0) is 14.5. The number of nitrogen functional groups attached to an aromatic ring is 1. The number of rotatable bonds is 6. The van der Waals surface area contributed by atoms with E-state index in [4.69, 9.17) is 5.73 Å². The van der Waals surface area contributed by atoms with E-state index in [1.165, 1.54) is 18.5 Å². The number of anilines is 2. The molecular weight excluding hydrogens is 246 g/mol. The predicted molar refractivity (Wildman–Crippen MR) is 88.1 cm³/mol. The van der Waals surface area contributed by atoms with Gasteiger partial charge in [-0.1, -0.05) is 38.8 Å². The Balaban J connectivity index is 2.42. The van der Waals surface area contributed by atoms with Crippen molar-refractivity contribution >= 4 is 22.3 Å². The minimum atomic E-state index is 0.735. The van der Waals surface area contributed by atoms with Crippen LogP contribution in [0.25, 0.3) is 10.9 Å². The molecule has 0 aliphatic heterocycles. The summed E-state index contributed by atoms with van der Waals surface area (Å²) in [6, 6.07) is 8.14. The maximum Gasteiger partial charge on any atom is 0.0951 e. The van der Waals surface area contributed by atoms with Crippen LogP contribution >= 0.6 is 0 Å². The van der Waals surface area contributed by atoms with Gasteiger partial charge in [-0.25, -0.2) is 0 Å². The van der Waals surface area contributed by atoms with Crippen LogP contribution < -0.4 is 10.6 Å². The van der Waals surface area contributed by atoms with Gasteiger partial charge < -0.3 is 10.6 Å². The van der Waals surface area contributed by atoms with Gasteiger partial charge in [0, 0.05) is 30.4 Å². The number of aromatic nitrogens is 1. The monoisotopic (exact) mass is 271 g/mol. The first kappa shape index (κ1) is 14.6. The largest absolute Gasteiger partial charge is 0.397 e. The molecule has 0 atom stereocenters. The third kappa shape index (κ3) is 2.87. The summed E-state index contributed by atoms with van der Waals surface area (Å²) >= 11 is 0. The van der Waals surface area contributed by atoms with Crippen molar-refractivity contribution < 1.29 is 0 Å². The SMILES string of the molecule is CCC(CC)CN(CC)c1ccnc2c(N)cccc12. The molecule has 0 amide bonds. The molecule has 0 spiro atoms. The molecular formula is C17H25N3. The van der Waals surface area contributed by atoms with Crippen molar-refractivity contribution in [3.8, 4) is 0 Å². The van der Waals surface area contributed by atoms with Crippen LogP contribution in [0.15, 0.2) is 30.5 Å². The van der Waals surface area contributed by atoms with E-state index in [9.17, 15) is 0 Å². The summed E-state index contributed by atoms with van der Waals surface area (Å²) in [7, 11) is 0. The van der Waals surface area contributed by atoms with Crippen LogP contribution in [-0.2, 0) is 0 Å². The molecule has 0 aliphatic carbocycles. The lowest BCUT2D eigenvalue weighted by atomic mass is 10.0. The normalized spacial score (nSPS) is 11.2. The maximum atomic E-state index is 6.04. The zero-order valence-electron chi connectivity index (χ0n) is 12.8. The molecule has 2 aromatic rings. The lowest BCUT2D eigenvalue weighted by Crippen LogP contribution is -2.29. The second-order valence-corrected chi connectivity index (χ2v) is 5.29. The molecule has 1 heterocycles. The molecule has 0 saturated heterocycles. The number of hydrogen-bond donors (Lipinski definition) is 1. The lowest BCUT2D eigenvalue weighted by molar-refractivity contribution is 0.486. The number of hydrogen-bond acceptors (Lipinski definition) is 3. The molecule has 20 heavy (non-hydrogen) atoms. The van der Waals surface area contributed by atoms with Crippen LogP contribution in [0.5, 0.6) is 0 Å². The van der Waals surface area contributed by atoms with Crippen LogP contribution in [0.4, 0.5) is 11.4 Å². The molecule has 1 aromatic carbocycles. The van der Waals surface area contributed by atoms with E-state index in [0.717, 1.165) is 35.6 Å². The number of benzene rings is 1. The first-order valence-electron chi connectivity index (χ1n) is 7.59. The minimum absolute atomic E-state index is 0.735. The Bertz CT molecular complexity index is 561. The molecule has 0 saturated carbocycles. The standard InChI is InChI=1S/C17H25N3/c1-4-13(5-2)12-20(6-3)16-10-11-19-17-14(16)8-7-9-15(17)18/h7-11,13H,4-6,12,18H2,1-3H3. The fraction of sp³-hybridized carbons (Fsp3) is 0.471. The van der Waals surface area contributed by atoms with Gasteiger partial charge in [-0.05, 0) is 25.0 Å². The molecule has 108 valence electrons. The molecule has 1 aromatic heterocycles. The van der Waals surface area contributed by atoms with E-state index in [0.29, 0.717) is 0 Å². The Morgan fingerprint density at radius 2 is 1.90 bits per heavy atom. The number of para-hydroxylation sites is 1. The molecule has 2 N–H and O–H groups in total. The van der Waals surface area contributed by atoms with Gasteiger partial charge in [0.05, 0.1) is 11.2 Å². The van der Waals surface area contributed by atoms with Gasteiger partial charge in [0.1, 0.15) is 0 Å². The molecule has 0 radical (unpaired) electrons. The van der Waals surface area contributed by atoms with E-state index in [2.05, 4.69) is 42.8 Å². The van der Waals surface area contributed by atoms with Crippen LogP contribution in [0, 0.1) is 5.92 Å². The van der Waals surface area contributed by atoms with Gasteiger partial charge >= 0.3 is 0 Å². The van der Waals surface area contributed by atoms with Gasteiger partial charge in [0.2, 0.25) is 0 Å². The first-order valence-corrected chi connectivity index (χ1v) is 7.59. The second-order valence-electron chi connectivity index (χ2n) is 5.29. The molecule has 0 fully saturated rings. The highest BCUT2D eigenvalue weighted by Gasteiger charge is 2.14. The summed E-state index contributed by atoms with van der Waals surface area (Å²) in [4.78, 5) is 6.87. The van der Waals surface area contributed by atoms with Crippen molar-refractivity contribution in [3.63, 3.8) is 0 Å². The van der Waals surface area contributed by atoms with E-state index in [1.54, 1.807) is 0 Å². The van der Waals surface area contributed by atoms with Crippen LogP contribution in [0.1, 0.15) is 33.6 Å².